The maximum atomic E-state index is 11.8. The summed E-state index contributed by atoms with van der Waals surface area (Å²) in [5.41, 5.74) is 1.39. The first-order valence-electron chi connectivity index (χ1n) is 5.77. The van der Waals surface area contributed by atoms with E-state index in [2.05, 4.69) is 0 Å². The number of alkyl halides is 1. The van der Waals surface area contributed by atoms with Crippen LogP contribution in [0.4, 0.5) is 5.69 Å². The van der Waals surface area contributed by atoms with E-state index in [1.165, 1.54) is 4.90 Å². The van der Waals surface area contributed by atoms with Gasteiger partial charge in [0.05, 0.1) is 6.61 Å². The first-order chi connectivity index (χ1) is 8.99. The fourth-order valence-electron chi connectivity index (χ4n) is 1.64. The summed E-state index contributed by atoms with van der Waals surface area (Å²) in [6.07, 6.45) is 0. The van der Waals surface area contributed by atoms with Crippen LogP contribution in [-0.4, -0.2) is 30.9 Å². The van der Waals surface area contributed by atoms with Crippen molar-refractivity contribution in [1.82, 2.24) is 0 Å². The van der Waals surface area contributed by atoms with E-state index in [1.54, 1.807) is 32.0 Å². The minimum atomic E-state index is -0.477. The largest absolute Gasteiger partial charge is 0.465 e. The number of benzene rings is 1. The van der Waals surface area contributed by atoms with Gasteiger partial charge in [0.15, 0.2) is 0 Å². The number of anilines is 1. The van der Waals surface area contributed by atoms with Crippen LogP contribution >= 0.6 is 23.2 Å². The number of carbonyl (C=O) groups is 2. The van der Waals surface area contributed by atoms with E-state index in [1.807, 2.05) is 0 Å². The molecule has 0 aliphatic heterocycles. The van der Waals surface area contributed by atoms with Crippen LogP contribution in [0.25, 0.3) is 0 Å². The third-order valence-electron chi connectivity index (χ3n) is 2.46. The maximum Gasteiger partial charge on any atom is 0.326 e. The monoisotopic (exact) mass is 303 g/mol. The molecule has 1 amide bonds. The Morgan fingerprint density at radius 3 is 2.58 bits per heavy atom. The van der Waals surface area contributed by atoms with Crippen LogP contribution in [0.2, 0.25) is 5.02 Å². The number of esters is 1. The molecule has 4 nitrogen and oxygen atoms in total. The molecule has 0 atom stereocenters. The summed E-state index contributed by atoms with van der Waals surface area (Å²) in [5.74, 6) is -1.04. The number of aryl methyl sites for hydroxylation is 1. The molecule has 0 aliphatic rings. The highest BCUT2D eigenvalue weighted by molar-refractivity contribution is 6.31. The summed E-state index contributed by atoms with van der Waals surface area (Å²) in [5, 5.41) is 0.565. The van der Waals surface area contributed by atoms with Crippen LogP contribution in [0.5, 0.6) is 0 Å². The quantitative estimate of drug-likeness (QED) is 0.621. The average molecular weight is 304 g/mol. The molecule has 0 aliphatic carbocycles. The van der Waals surface area contributed by atoms with Crippen molar-refractivity contribution in [2.45, 2.75) is 13.8 Å². The number of nitrogens with zero attached hydrogens (tertiary/aromatic N) is 1. The highest BCUT2D eigenvalue weighted by Gasteiger charge is 2.20. The Labute approximate surface area is 122 Å². The number of hydrogen-bond donors (Lipinski definition) is 0. The van der Waals surface area contributed by atoms with Crippen molar-refractivity contribution in [2.75, 3.05) is 23.9 Å². The van der Waals surface area contributed by atoms with Crippen LogP contribution in [0, 0.1) is 6.92 Å². The second kappa shape index (κ2) is 7.36. The third kappa shape index (κ3) is 4.40. The Morgan fingerprint density at radius 1 is 1.37 bits per heavy atom. The molecule has 104 valence electrons. The molecule has 0 radical (unpaired) electrons. The zero-order valence-electron chi connectivity index (χ0n) is 10.8. The molecule has 0 N–H and O–H groups in total. The molecule has 19 heavy (non-hydrogen) atoms. The van der Waals surface area contributed by atoms with Gasteiger partial charge in [-0.3, -0.25) is 14.5 Å². The van der Waals surface area contributed by atoms with E-state index in [4.69, 9.17) is 27.9 Å². The summed E-state index contributed by atoms with van der Waals surface area (Å²) in [7, 11) is 0. The van der Waals surface area contributed by atoms with Crippen molar-refractivity contribution in [3.63, 3.8) is 0 Å². The van der Waals surface area contributed by atoms with Crippen LogP contribution < -0.4 is 4.90 Å². The second-order valence-electron chi connectivity index (χ2n) is 3.85. The topological polar surface area (TPSA) is 46.6 Å². The lowest BCUT2D eigenvalue weighted by Gasteiger charge is -2.22. The van der Waals surface area contributed by atoms with Crippen LogP contribution in [0.3, 0.4) is 0 Å². The van der Waals surface area contributed by atoms with Crippen molar-refractivity contribution in [2.24, 2.45) is 0 Å². The molecule has 1 rings (SSSR count). The molecule has 0 bridgehead atoms. The smallest absolute Gasteiger partial charge is 0.326 e. The molecular formula is C13H15Cl2NO3. The SMILES string of the molecule is CCOC(=O)CN(C(=O)CCl)c1ccc(Cl)cc1C. The standard InChI is InChI=1S/C13H15Cl2NO3/c1-3-19-13(18)8-16(12(17)7-14)11-5-4-10(15)6-9(11)2/h4-6H,3,7-8H2,1-2H3. The van der Waals surface area contributed by atoms with E-state index in [9.17, 15) is 9.59 Å². The van der Waals surface area contributed by atoms with Crippen molar-refractivity contribution in [3.8, 4) is 0 Å². The first-order valence-corrected chi connectivity index (χ1v) is 6.69. The van der Waals surface area contributed by atoms with Crippen LogP contribution in [0.1, 0.15) is 12.5 Å². The van der Waals surface area contributed by atoms with E-state index in [0.29, 0.717) is 10.7 Å². The lowest BCUT2D eigenvalue weighted by Crippen LogP contribution is -2.37. The van der Waals surface area contributed by atoms with Gasteiger partial charge in [-0.05, 0) is 37.6 Å². The zero-order valence-corrected chi connectivity index (χ0v) is 12.3. The van der Waals surface area contributed by atoms with Crippen LogP contribution in [0.15, 0.2) is 18.2 Å². The summed E-state index contributed by atoms with van der Waals surface area (Å²) in [4.78, 5) is 24.7. The summed E-state index contributed by atoms with van der Waals surface area (Å²) in [6, 6.07) is 5.06. The molecule has 0 saturated heterocycles. The molecule has 1 aromatic carbocycles. The predicted octanol–water partition coefficient (Wildman–Crippen LogP) is 2.78. The molecule has 1 aromatic rings. The Morgan fingerprint density at radius 2 is 2.05 bits per heavy atom. The number of hydrogen-bond acceptors (Lipinski definition) is 3. The summed E-state index contributed by atoms with van der Waals surface area (Å²) < 4.78 is 4.85. The van der Waals surface area contributed by atoms with E-state index in [0.717, 1.165) is 5.56 Å². The van der Waals surface area contributed by atoms with Gasteiger partial charge < -0.3 is 4.74 Å². The normalized spacial score (nSPS) is 10.1. The van der Waals surface area contributed by atoms with Crippen molar-refractivity contribution in [3.05, 3.63) is 28.8 Å². The Hall–Kier alpha value is -1.26. The minimum Gasteiger partial charge on any atom is -0.465 e. The van der Waals surface area contributed by atoms with Gasteiger partial charge in [0.2, 0.25) is 5.91 Å². The molecular weight excluding hydrogens is 289 g/mol. The van der Waals surface area contributed by atoms with Gasteiger partial charge in [-0.25, -0.2) is 0 Å². The van der Waals surface area contributed by atoms with Gasteiger partial charge in [-0.1, -0.05) is 11.6 Å². The molecule has 0 unspecified atom stereocenters. The van der Waals surface area contributed by atoms with Gasteiger partial charge in [0, 0.05) is 10.7 Å². The molecule has 0 aromatic heterocycles. The first kappa shape index (κ1) is 15.8. The lowest BCUT2D eigenvalue weighted by molar-refractivity contribution is -0.142. The lowest BCUT2D eigenvalue weighted by atomic mass is 10.2. The fourth-order valence-corrected chi connectivity index (χ4v) is 2.01. The van der Waals surface area contributed by atoms with Crippen molar-refractivity contribution >= 4 is 40.8 Å². The Kier molecular flexibility index (Phi) is 6.12. The highest BCUT2D eigenvalue weighted by Crippen LogP contribution is 2.24. The summed E-state index contributed by atoms with van der Waals surface area (Å²) >= 11 is 11.4. The fraction of sp³-hybridized carbons (Fsp3) is 0.385. The van der Waals surface area contributed by atoms with Gasteiger partial charge in [-0.15, -0.1) is 11.6 Å². The van der Waals surface area contributed by atoms with Gasteiger partial charge >= 0.3 is 5.97 Å². The molecule has 0 heterocycles. The minimum absolute atomic E-state index is 0.165. The number of carbonyl (C=O) groups excluding carboxylic acids is 2. The van der Waals surface area contributed by atoms with E-state index >= 15 is 0 Å². The summed E-state index contributed by atoms with van der Waals surface area (Å²) in [6.45, 7) is 3.61. The highest BCUT2D eigenvalue weighted by atomic mass is 35.5. The number of amides is 1. The Balaban J connectivity index is 3.02. The number of ether oxygens (including phenoxy) is 1. The van der Waals surface area contributed by atoms with E-state index in [-0.39, 0.29) is 24.9 Å². The van der Waals surface area contributed by atoms with Crippen LogP contribution in [-0.2, 0) is 14.3 Å². The number of rotatable bonds is 5. The molecule has 0 spiro atoms. The predicted molar refractivity (Wildman–Crippen MR) is 75.9 cm³/mol. The van der Waals surface area contributed by atoms with Gasteiger partial charge in [0.25, 0.3) is 0 Å². The van der Waals surface area contributed by atoms with Crippen molar-refractivity contribution in [1.29, 1.82) is 0 Å². The van der Waals surface area contributed by atoms with Gasteiger partial charge in [-0.2, -0.15) is 0 Å². The second-order valence-corrected chi connectivity index (χ2v) is 4.55. The third-order valence-corrected chi connectivity index (χ3v) is 2.92. The molecule has 0 saturated carbocycles. The Bertz CT molecular complexity index is 477. The number of halogens is 2. The van der Waals surface area contributed by atoms with Gasteiger partial charge in [0.1, 0.15) is 12.4 Å². The average Bonchev–Trinajstić information content (AvgIpc) is 2.36. The molecule has 6 heteroatoms. The zero-order chi connectivity index (χ0) is 14.4. The van der Waals surface area contributed by atoms with Crippen molar-refractivity contribution < 1.29 is 14.3 Å². The van der Waals surface area contributed by atoms with E-state index < -0.39 is 5.97 Å². The maximum absolute atomic E-state index is 11.8. The molecule has 0 fully saturated rings.